The normalized spacial score (nSPS) is 10.2. The Morgan fingerprint density at radius 2 is 2.00 bits per heavy atom. The second kappa shape index (κ2) is 5.59. The summed E-state index contributed by atoms with van der Waals surface area (Å²) in [6.07, 6.45) is 0. The van der Waals surface area contributed by atoms with Crippen molar-refractivity contribution in [2.75, 3.05) is 7.11 Å². The molecule has 0 amide bonds. The van der Waals surface area contributed by atoms with Gasteiger partial charge in [-0.2, -0.15) is 0 Å². The van der Waals surface area contributed by atoms with Crippen LogP contribution in [0.4, 0.5) is 0 Å². The Morgan fingerprint density at radius 1 is 1.18 bits per heavy atom. The molecule has 3 nitrogen and oxygen atoms in total. The van der Waals surface area contributed by atoms with Crippen molar-refractivity contribution in [1.29, 1.82) is 0 Å². The summed E-state index contributed by atoms with van der Waals surface area (Å²) in [6.45, 7) is 0. The molecule has 2 rings (SSSR count). The van der Waals surface area contributed by atoms with Gasteiger partial charge in [0.05, 0.1) is 12.8 Å². The molecule has 0 saturated heterocycles. The first-order valence-electron chi connectivity index (χ1n) is 5.20. The van der Waals surface area contributed by atoms with Gasteiger partial charge in [-0.15, -0.1) is 11.8 Å². The first-order chi connectivity index (χ1) is 8.29. The van der Waals surface area contributed by atoms with E-state index in [1.54, 1.807) is 24.9 Å². The molecule has 0 saturated carbocycles. The van der Waals surface area contributed by atoms with E-state index in [4.69, 9.17) is 4.74 Å². The zero-order chi connectivity index (χ0) is 12.1. The standard InChI is InChI=1S/C13H13NO2S/c1-16-13-8-4-5-10(14-13)9-17-12-7-3-2-6-11(12)15/h2-8,15H,9H2,1H3. The lowest BCUT2D eigenvalue weighted by Crippen LogP contribution is -1.91. The Labute approximate surface area is 104 Å². The van der Waals surface area contributed by atoms with Crippen LogP contribution in [0.3, 0.4) is 0 Å². The van der Waals surface area contributed by atoms with Crippen molar-refractivity contribution in [2.24, 2.45) is 0 Å². The molecule has 1 N–H and O–H groups in total. The maximum absolute atomic E-state index is 9.62. The van der Waals surface area contributed by atoms with Crippen LogP contribution in [-0.4, -0.2) is 17.2 Å². The highest BCUT2D eigenvalue weighted by Gasteiger charge is 2.02. The third-order valence-electron chi connectivity index (χ3n) is 2.23. The number of para-hydroxylation sites is 1. The molecule has 0 spiro atoms. The van der Waals surface area contributed by atoms with Crippen molar-refractivity contribution in [3.63, 3.8) is 0 Å². The Bertz CT molecular complexity index is 502. The summed E-state index contributed by atoms with van der Waals surface area (Å²) in [5.41, 5.74) is 0.928. The lowest BCUT2D eigenvalue weighted by atomic mass is 10.3. The molecular formula is C13H13NO2S. The minimum absolute atomic E-state index is 0.306. The van der Waals surface area contributed by atoms with Gasteiger partial charge in [0.1, 0.15) is 5.75 Å². The SMILES string of the molecule is COc1cccc(CSc2ccccc2O)n1. The fourth-order valence-corrected chi connectivity index (χ4v) is 2.24. The average Bonchev–Trinajstić information content (AvgIpc) is 2.38. The van der Waals surface area contributed by atoms with Gasteiger partial charge in [0.25, 0.3) is 0 Å². The molecule has 0 fully saturated rings. The minimum atomic E-state index is 0.306. The van der Waals surface area contributed by atoms with E-state index in [-0.39, 0.29) is 0 Å². The Morgan fingerprint density at radius 3 is 2.76 bits per heavy atom. The van der Waals surface area contributed by atoms with Crippen LogP contribution < -0.4 is 4.74 Å². The molecule has 1 heterocycles. The van der Waals surface area contributed by atoms with Crippen molar-refractivity contribution in [2.45, 2.75) is 10.6 Å². The predicted octanol–water partition coefficient (Wildman–Crippen LogP) is 3.09. The highest BCUT2D eigenvalue weighted by Crippen LogP contribution is 2.30. The zero-order valence-electron chi connectivity index (χ0n) is 9.46. The topological polar surface area (TPSA) is 42.4 Å². The van der Waals surface area contributed by atoms with E-state index < -0.39 is 0 Å². The molecule has 4 heteroatoms. The van der Waals surface area contributed by atoms with E-state index >= 15 is 0 Å². The second-order valence-corrected chi connectivity index (χ2v) is 4.44. The van der Waals surface area contributed by atoms with Crippen LogP contribution in [0.2, 0.25) is 0 Å². The number of pyridine rings is 1. The highest BCUT2D eigenvalue weighted by atomic mass is 32.2. The van der Waals surface area contributed by atoms with Crippen molar-refractivity contribution >= 4 is 11.8 Å². The van der Waals surface area contributed by atoms with Gasteiger partial charge in [-0.25, -0.2) is 4.98 Å². The fourth-order valence-electron chi connectivity index (χ4n) is 1.38. The molecule has 1 aromatic carbocycles. The van der Waals surface area contributed by atoms with Crippen LogP contribution in [0.15, 0.2) is 47.4 Å². The summed E-state index contributed by atoms with van der Waals surface area (Å²) in [4.78, 5) is 5.17. The first kappa shape index (κ1) is 11.8. The van der Waals surface area contributed by atoms with Gasteiger partial charge < -0.3 is 9.84 Å². The maximum atomic E-state index is 9.62. The highest BCUT2D eigenvalue weighted by molar-refractivity contribution is 7.98. The Balaban J connectivity index is 2.05. The molecule has 88 valence electrons. The Kier molecular flexibility index (Phi) is 3.88. The number of rotatable bonds is 4. The molecule has 1 aromatic heterocycles. The summed E-state index contributed by atoms with van der Waals surface area (Å²) in [5, 5.41) is 9.62. The second-order valence-electron chi connectivity index (χ2n) is 3.43. The number of hydrogen-bond acceptors (Lipinski definition) is 4. The van der Waals surface area contributed by atoms with E-state index in [1.807, 2.05) is 36.4 Å². The van der Waals surface area contributed by atoms with Gasteiger partial charge in [-0.05, 0) is 18.2 Å². The monoisotopic (exact) mass is 247 g/mol. The van der Waals surface area contributed by atoms with Gasteiger partial charge in [0.15, 0.2) is 0 Å². The van der Waals surface area contributed by atoms with Crippen LogP contribution in [0.25, 0.3) is 0 Å². The van der Waals surface area contributed by atoms with Gasteiger partial charge in [0.2, 0.25) is 5.88 Å². The molecule has 0 aliphatic heterocycles. The molecule has 17 heavy (non-hydrogen) atoms. The fraction of sp³-hybridized carbons (Fsp3) is 0.154. The third-order valence-corrected chi connectivity index (χ3v) is 3.33. The number of thioether (sulfide) groups is 1. The number of nitrogens with zero attached hydrogens (tertiary/aromatic N) is 1. The summed E-state index contributed by atoms with van der Waals surface area (Å²) < 4.78 is 5.06. The van der Waals surface area contributed by atoms with Crippen molar-refractivity contribution < 1.29 is 9.84 Å². The predicted molar refractivity (Wildman–Crippen MR) is 68.5 cm³/mol. The van der Waals surface area contributed by atoms with Crippen LogP contribution in [0, 0.1) is 0 Å². The summed E-state index contributed by atoms with van der Waals surface area (Å²) in [6, 6.07) is 12.9. The van der Waals surface area contributed by atoms with Crippen molar-refractivity contribution in [3.05, 3.63) is 48.2 Å². The van der Waals surface area contributed by atoms with E-state index in [1.165, 1.54) is 0 Å². The number of benzene rings is 1. The van der Waals surface area contributed by atoms with Crippen LogP contribution in [-0.2, 0) is 5.75 Å². The summed E-state index contributed by atoms with van der Waals surface area (Å²) in [7, 11) is 1.60. The molecule has 0 unspecified atom stereocenters. The molecule has 0 aliphatic rings. The minimum Gasteiger partial charge on any atom is -0.507 e. The van der Waals surface area contributed by atoms with Crippen LogP contribution in [0.1, 0.15) is 5.69 Å². The van der Waals surface area contributed by atoms with Gasteiger partial charge in [-0.3, -0.25) is 0 Å². The van der Waals surface area contributed by atoms with E-state index in [2.05, 4.69) is 4.98 Å². The van der Waals surface area contributed by atoms with Crippen molar-refractivity contribution in [1.82, 2.24) is 4.98 Å². The lowest BCUT2D eigenvalue weighted by molar-refractivity contribution is 0.397. The van der Waals surface area contributed by atoms with Crippen molar-refractivity contribution in [3.8, 4) is 11.6 Å². The van der Waals surface area contributed by atoms with E-state index in [0.717, 1.165) is 10.6 Å². The lowest BCUT2D eigenvalue weighted by Gasteiger charge is -2.05. The van der Waals surface area contributed by atoms with Crippen LogP contribution in [0.5, 0.6) is 11.6 Å². The summed E-state index contributed by atoms with van der Waals surface area (Å²) in [5.74, 6) is 1.62. The van der Waals surface area contributed by atoms with E-state index in [9.17, 15) is 5.11 Å². The van der Waals surface area contributed by atoms with Gasteiger partial charge in [0, 0.05) is 16.7 Å². The molecule has 0 atom stereocenters. The first-order valence-corrected chi connectivity index (χ1v) is 6.19. The van der Waals surface area contributed by atoms with Crippen LogP contribution >= 0.6 is 11.8 Å². The number of phenolic OH excluding ortho intramolecular Hbond substituents is 1. The number of aromatic nitrogens is 1. The number of hydrogen-bond donors (Lipinski definition) is 1. The van der Waals surface area contributed by atoms with E-state index in [0.29, 0.717) is 17.4 Å². The summed E-state index contributed by atoms with van der Waals surface area (Å²) >= 11 is 1.55. The largest absolute Gasteiger partial charge is 0.507 e. The zero-order valence-corrected chi connectivity index (χ0v) is 10.3. The number of phenols is 1. The number of aromatic hydroxyl groups is 1. The number of methoxy groups -OCH3 is 1. The third kappa shape index (κ3) is 3.14. The maximum Gasteiger partial charge on any atom is 0.213 e. The molecule has 2 aromatic rings. The average molecular weight is 247 g/mol. The van der Waals surface area contributed by atoms with Gasteiger partial charge >= 0.3 is 0 Å². The molecule has 0 bridgehead atoms. The Hall–Kier alpha value is -1.68. The quantitative estimate of drug-likeness (QED) is 0.843. The molecular weight excluding hydrogens is 234 g/mol. The molecule has 0 aliphatic carbocycles. The van der Waals surface area contributed by atoms with Gasteiger partial charge in [-0.1, -0.05) is 18.2 Å². The number of ether oxygens (including phenoxy) is 1. The smallest absolute Gasteiger partial charge is 0.213 e. The molecule has 0 radical (unpaired) electrons.